The molecular formula is C22H21N5O2S. The first-order chi connectivity index (χ1) is 14.7. The van der Waals surface area contributed by atoms with Gasteiger partial charge in [-0.2, -0.15) is 4.68 Å². The second kappa shape index (κ2) is 8.87. The third-order valence-electron chi connectivity index (χ3n) is 4.56. The quantitative estimate of drug-likeness (QED) is 0.455. The van der Waals surface area contributed by atoms with Gasteiger partial charge in [-0.3, -0.25) is 9.47 Å². The van der Waals surface area contributed by atoms with E-state index in [1.807, 2.05) is 67.6 Å². The van der Waals surface area contributed by atoms with Crippen molar-refractivity contribution in [2.45, 2.75) is 17.8 Å². The van der Waals surface area contributed by atoms with E-state index in [1.165, 1.54) is 16.4 Å². The van der Waals surface area contributed by atoms with Crippen molar-refractivity contribution in [3.63, 3.8) is 0 Å². The Morgan fingerprint density at radius 3 is 2.43 bits per heavy atom. The smallest absolute Gasteiger partial charge is 0.316 e. The molecule has 2 aromatic heterocycles. The number of nitrogens with one attached hydrogen (secondary N) is 1. The van der Waals surface area contributed by atoms with Crippen LogP contribution in [0.15, 0.2) is 83.0 Å². The summed E-state index contributed by atoms with van der Waals surface area (Å²) in [6, 6.07) is 19.3. The molecule has 0 amide bonds. The molecule has 0 saturated heterocycles. The lowest BCUT2D eigenvalue weighted by Gasteiger charge is -2.14. The summed E-state index contributed by atoms with van der Waals surface area (Å²) in [5.41, 5.74) is 2.66. The average Bonchev–Trinajstić information content (AvgIpc) is 3.30. The van der Waals surface area contributed by atoms with Crippen LogP contribution in [0.5, 0.6) is 5.75 Å². The third kappa shape index (κ3) is 4.23. The van der Waals surface area contributed by atoms with Crippen LogP contribution in [0.1, 0.15) is 11.1 Å². The zero-order valence-corrected chi connectivity index (χ0v) is 17.5. The Morgan fingerprint density at radius 1 is 1.00 bits per heavy atom. The minimum atomic E-state index is -0.276. The Labute approximate surface area is 178 Å². The van der Waals surface area contributed by atoms with E-state index in [0.29, 0.717) is 10.9 Å². The topological polar surface area (TPSA) is 74.0 Å². The van der Waals surface area contributed by atoms with Crippen molar-refractivity contribution in [2.75, 3.05) is 12.4 Å². The van der Waals surface area contributed by atoms with Crippen molar-refractivity contribution >= 4 is 23.3 Å². The number of aromatic nitrogens is 4. The van der Waals surface area contributed by atoms with Crippen LogP contribution >= 0.6 is 11.8 Å². The summed E-state index contributed by atoms with van der Waals surface area (Å²) in [7, 11) is 1.64. The molecule has 7 nitrogen and oxygen atoms in total. The molecule has 30 heavy (non-hydrogen) atoms. The van der Waals surface area contributed by atoms with Gasteiger partial charge in [0.25, 0.3) is 0 Å². The van der Waals surface area contributed by atoms with Crippen LogP contribution in [0.25, 0.3) is 0 Å². The Hall–Kier alpha value is -3.52. The van der Waals surface area contributed by atoms with E-state index in [1.54, 1.807) is 24.2 Å². The number of methoxy groups -OCH3 is 1. The van der Waals surface area contributed by atoms with Crippen molar-refractivity contribution < 1.29 is 4.74 Å². The van der Waals surface area contributed by atoms with Gasteiger partial charge in [0.1, 0.15) is 5.75 Å². The molecule has 0 saturated carbocycles. The molecule has 0 radical (unpaired) electrons. The number of aryl methyl sites for hydroxylation is 1. The zero-order valence-electron chi connectivity index (χ0n) is 16.6. The zero-order chi connectivity index (χ0) is 20.9. The van der Waals surface area contributed by atoms with Crippen molar-refractivity contribution in [3.05, 3.63) is 94.5 Å². The maximum absolute atomic E-state index is 13.2. The number of hydrogen-bond acceptors (Lipinski definition) is 6. The molecule has 0 unspecified atom stereocenters. The fourth-order valence-corrected chi connectivity index (χ4v) is 3.79. The van der Waals surface area contributed by atoms with Gasteiger partial charge in [-0.1, -0.05) is 42.1 Å². The second-order valence-electron chi connectivity index (χ2n) is 6.59. The normalized spacial score (nSPS) is 10.7. The monoisotopic (exact) mass is 419 g/mol. The summed E-state index contributed by atoms with van der Waals surface area (Å²) >= 11 is 1.44. The first-order valence-corrected chi connectivity index (χ1v) is 10.4. The lowest BCUT2D eigenvalue weighted by molar-refractivity contribution is 0.414. The number of para-hydroxylation sites is 1. The van der Waals surface area contributed by atoms with Gasteiger partial charge in [0.05, 0.1) is 7.11 Å². The predicted octanol–water partition coefficient (Wildman–Crippen LogP) is 4.10. The average molecular weight is 420 g/mol. The highest BCUT2D eigenvalue weighted by atomic mass is 32.2. The fourth-order valence-electron chi connectivity index (χ4n) is 2.91. The molecule has 8 heteroatoms. The first-order valence-electron chi connectivity index (χ1n) is 9.37. The number of benzene rings is 2. The van der Waals surface area contributed by atoms with E-state index in [2.05, 4.69) is 15.5 Å². The van der Waals surface area contributed by atoms with Gasteiger partial charge in [-0.25, -0.2) is 0 Å². The summed E-state index contributed by atoms with van der Waals surface area (Å²) in [5.74, 6) is 1.62. The van der Waals surface area contributed by atoms with Crippen LogP contribution in [0.3, 0.4) is 0 Å². The predicted molar refractivity (Wildman–Crippen MR) is 119 cm³/mol. The molecule has 0 aliphatic carbocycles. The molecule has 0 spiro atoms. The largest absolute Gasteiger partial charge is 0.497 e. The summed E-state index contributed by atoms with van der Waals surface area (Å²) in [6.07, 6.45) is 3.61. The molecule has 152 valence electrons. The van der Waals surface area contributed by atoms with Gasteiger partial charge in [0.15, 0.2) is 0 Å². The first kappa shape index (κ1) is 19.8. The molecule has 1 N–H and O–H groups in total. The molecule has 0 fully saturated rings. The lowest BCUT2D eigenvalue weighted by Crippen LogP contribution is -2.30. The fraction of sp³-hybridized carbons (Fsp3) is 0.136. The standard InChI is InChI=1S/C22H21N5O2S/c1-16-7-3-4-8-19(16)23-20-21(28)27(26-13-5-6-14-26)22(25-24-20)30-15-17-9-11-18(29-2)12-10-17/h3-14H,15H2,1-2H3,(H,23,24). The van der Waals surface area contributed by atoms with E-state index in [-0.39, 0.29) is 11.4 Å². The number of nitrogens with zero attached hydrogens (tertiary/aromatic N) is 4. The van der Waals surface area contributed by atoms with Crippen molar-refractivity contribution in [2.24, 2.45) is 0 Å². The Bertz CT molecular complexity index is 1190. The van der Waals surface area contributed by atoms with Crippen LogP contribution in [0.2, 0.25) is 0 Å². The van der Waals surface area contributed by atoms with E-state index < -0.39 is 0 Å². The number of ether oxygens (including phenoxy) is 1. The Kier molecular flexibility index (Phi) is 5.85. The molecular weight excluding hydrogens is 398 g/mol. The molecule has 2 heterocycles. The maximum Gasteiger partial charge on any atom is 0.316 e. The molecule has 0 aliphatic rings. The van der Waals surface area contributed by atoms with Gasteiger partial charge in [-0.05, 0) is 48.4 Å². The van der Waals surface area contributed by atoms with Crippen LogP contribution in [-0.2, 0) is 5.75 Å². The van der Waals surface area contributed by atoms with E-state index in [9.17, 15) is 4.79 Å². The third-order valence-corrected chi connectivity index (χ3v) is 5.55. The summed E-state index contributed by atoms with van der Waals surface area (Å²) < 4.78 is 8.42. The maximum atomic E-state index is 13.2. The van der Waals surface area contributed by atoms with Crippen LogP contribution in [0, 0.1) is 6.92 Å². The minimum Gasteiger partial charge on any atom is -0.497 e. The number of thioether (sulfide) groups is 1. The van der Waals surface area contributed by atoms with E-state index >= 15 is 0 Å². The molecule has 0 aliphatic heterocycles. The molecule has 4 aromatic rings. The van der Waals surface area contributed by atoms with Crippen molar-refractivity contribution in [1.82, 2.24) is 19.5 Å². The highest BCUT2D eigenvalue weighted by Gasteiger charge is 2.15. The van der Waals surface area contributed by atoms with Crippen LogP contribution in [0.4, 0.5) is 11.5 Å². The number of anilines is 2. The molecule has 2 aromatic carbocycles. The molecule has 0 atom stereocenters. The SMILES string of the molecule is COc1ccc(CSc2nnc(Nc3ccccc3C)c(=O)n2-n2cccc2)cc1. The molecule has 4 rings (SSSR count). The van der Waals surface area contributed by atoms with Crippen LogP contribution in [-0.4, -0.2) is 26.7 Å². The highest BCUT2D eigenvalue weighted by molar-refractivity contribution is 7.98. The highest BCUT2D eigenvalue weighted by Crippen LogP contribution is 2.23. The number of rotatable bonds is 7. The van der Waals surface area contributed by atoms with Crippen molar-refractivity contribution in [3.8, 4) is 5.75 Å². The van der Waals surface area contributed by atoms with Gasteiger partial charge in [0.2, 0.25) is 11.0 Å². The lowest BCUT2D eigenvalue weighted by atomic mass is 10.2. The summed E-state index contributed by atoms with van der Waals surface area (Å²) in [4.78, 5) is 13.2. The number of hydrogen-bond donors (Lipinski definition) is 1. The van der Waals surface area contributed by atoms with E-state index in [4.69, 9.17) is 4.74 Å². The Balaban J connectivity index is 1.65. The van der Waals surface area contributed by atoms with Gasteiger partial charge >= 0.3 is 5.56 Å². The Morgan fingerprint density at radius 2 is 1.73 bits per heavy atom. The van der Waals surface area contributed by atoms with E-state index in [0.717, 1.165) is 22.6 Å². The second-order valence-corrected chi connectivity index (χ2v) is 7.53. The summed E-state index contributed by atoms with van der Waals surface area (Å²) in [5, 5.41) is 12.1. The van der Waals surface area contributed by atoms with Crippen LogP contribution < -0.4 is 15.6 Å². The summed E-state index contributed by atoms with van der Waals surface area (Å²) in [6.45, 7) is 1.97. The molecule has 0 bridgehead atoms. The van der Waals surface area contributed by atoms with Crippen molar-refractivity contribution in [1.29, 1.82) is 0 Å². The van der Waals surface area contributed by atoms with Gasteiger partial charge < -0.3 is 10.1 Å². The minimum absolute atomic E-state index is 0.173. The van der Waals surface area contributed by atoms with Gasteiger partial charge in [-0.15, -0.1) is 10.2 Å². The van der Waals surface area contributed by atoms with Gasteiger partial charge in [0, 0.05) is 23.8 Å².